The van der Waals surface area contributed by atoms with Crippen LogP contribution >= 0.6 is 0 Å². The Morgan fingerprint density at radius 2 is 2.10 bits per heavy atom. The molecule has 0 saturated heterocycles. The Labute approximate surface area is 172 Å². The molecule has 1 saturated carbocycles. The third-order valence-electron chi connectivity index (χ3n) is 5.65. The van der Waals surface area contributed by atoms with E-state index < -0.39 is 0 Å². The van der Waals surface area contributed by atoms with Gasteiger partial charge >= 0.3 is 0 Å². The van der Waals surface area contributed by atoms with Gasteiger partial charge in [-0.2, -0.15) is 14.7 Å². The molecule has 30 heavy (non-hydrogen) atoms. The Kier molecular flexibility index (Phi) is 4.59. The van der Waals surface area contributed by atoms with Crippen LogP contribution in [0.4, 0.5) is 5.82 Å². The first-order chi connectivity index (χ1) is 14.6. The average Bonchev–Trinajstić information content (AvgIpc) is 3.37. The highest BCUT2D eigenvalue weighted by molar-refractivity contribution is 6.08. The van der Waals surface area contributed by atoms with Crippen molar-refractivity contribution in [1.82, 2.24) is 24.4 Å². The normalized spacial score (nSPS) is 19.3. The first-order valence-corrected chi connectivity index (χ1v) is 9.97. The van der Waals surface area contributed by atoms with Crippen LogP contribution in [0.1, 0.15) is 42.1 Å². The number of aliphatic hydroxyl groups excluding tert-OH is 1. The number of imidazole rings is 1. The summed E-state index contributed by atoms with van der Waals surface area (Å²) in [5, 5.41) is 22.4. The Bertz CT molecular complexity index is 1220. The summed E-state index contributed by atoms with van der Waals surface area (Å²) < 4.78 is 8.99. The maximum absolute atomic E-state index is 13.0. The number of methoxy groups -OCH3 is 1. The van der Waals surface area contributed by atoms with Crippen LogP contribution in [-0.2, 0) is 0 Å². The number of fused-ring (bicyclic) bond motifs is 2. The van der Waals surface area contributed by atoms with Gasteiger partial charge in [0, 0.05) is 23.8 Å². The number of aromatic nitrogens is 5. The number of amides is 1. The number of nitrogens with zero attached hydrogens (tertiary/aromatic N) is 5. The number of carbonyl (C=O) groups is 1. The third kappa shape index (κ3) is 3.26. The Morgan fingerprint density at radius 1 is 1.27 bits per heavy atom. The number of hydrogen-bond donors (Lipinski definition) is 2. The van der Waals surface area contributed by atoms with E-state index in [2.05, 4.69) is 20.5 Å². The SMILES string of the molecule is COc1cc2nn(C3CCC(O)CC3)cc2cc1C(=O)Nc1cnc2cccnn12. The van der Waals surface area contributed by atoms with Gasteiger partial charge in [0.2, 0.25) is 0 Å². The number of ether oxygens (including phenoxy) is 1. The van der Waals surface area contributed by atoms with E-state index in [1.165, 1.54) is 7.11 Å². The summed E-state index contributed by atoms with van der Waals surface area (Å²) in [6, 6.07) is 7.43. The molecule has 1 aromatic carbocycles. The summed E-state index contributed by atoms with van der Waals surface area (Å²) in [7, 11) is 1.53. The van der Waals surface area contributed by atoms with Crippen LogP contribution in [0.5, 0.6) is 5.75 Å². The van der Waals surface area contributed by atoms with Crippen molar-refractivity contribution in [3.05, 3.63) is 48.4 Å². The molecule has 154 valence electrons. The highest BCUT2D eigenvalue weighted by Crippen LogP contribution is 2.31. The molecule has 1 fully saturated rings. The fourth-order valence-electron chi connectivity index (χ4n) is 4.03. The van der Waals surface area contributed by atoms with Crippen LogP contribution in [0.15, 0.2) is 42.9 Å². The van der Waals surface area contributed by atoms with Crippen molar-refractivity contribution in [2.75, 3.05) is 12.4 Å². The van der Waals surface area contributed by atoms with Crippen molar-refractivity contribution in [3.8, 4) is 5.75 Å². The smallest absolute Gasteiger partial charge is 0.260 e. The van der Waals surface area contributed by atoms with Gasteiger partial charge in [-0.15, -0.1) is 0 Å². The number of anilines is 1. The van der Waals surface area contributed by atoms with Gasteiger partial charge in [-0.25, -0.2) is 4.98 Å². The lowest BCUT2D eigenvalue weighted by atomic mass is 9.93. The molecule has 0 atom stereocenters. The zero-order valence-electron chi connectivity index (χ0n) is 16.5. The van der Waals surface area contributed by atoms with E-state index >= 15 is 0 Å². The number of carbonyl (C=O) groups excluding carboxylic acids is 1. The predicted octanol–water partition coefficient (Wildman–Crippen LogP) is 2.82. The van der Waals surface area contributed by atoms with Gasteiger partial charge in [-0.05, 0) is 43.9 Å². The largest absolute Gasteiger partial charge is 0.496 e. The van der Waals surface area contributed by atoms with Crippen LogP contribution in [0.25, 0.3) is 16.6 Å². The average molecular weight is 406 g/mol. The van der Waals surface area contributed by atoms with Crippen LogP contribution in [0.3, 0.4) is 0 Å². The van der Waals surface area contributed by atoms with E-state index in [4.69, 9.17) is 4.74 Å². The molecule has 0 bridgehead atoms. The lowest BCUT2D eigenvalue weighted by Gasteiger charge is -2.25. The minimum absolute atomic E-state index is 0.212. The monoisotopic (exact) mass is 406 g/mol. The van der Waals surface area contributed by atoms with Gasteiger partial charge in [-0.1, -0.05) is 0 Å². The van der Waals surface area contributed by atoms with Crippen LogP contribution in [0.2, 0.25) is 0 Å². The van der Waals surface area contributed by atoms with Gasteiger partial charge in [0.15, 0.2) is 11.5 Å². The standard InChI is InChI=1S/C21H22N6O3/c1-30-18-10-17-13(12-26(25-17)14-4-6-15(28)7-5-14)9-16(18)21(29)24-20-11-22-19-3-2-8-23-27(19)20/h2-3,8-12,14-15,28H,4-7H2,1H3,(H,24,29). The second-order valence-corrected chi connectivity index (χ2v) is 7.57. The minimum Gasteiger partial charge on any atom is -0.496 e. The molecule has 0 unspecified atom stereocenters. The number of aliphatic hydroxyl groups is 1. The first kappa shape index (κ1) is 18.6. The minimum atomic E-state index is -0.310. The summed E-state index contributed by atoms with van der Waals surface area (Å²) >= 11 is 0. The summed E-state index contributed by atoms with van der Waals surface area (Å²) in [6.07, 6.45) is 8.30. The number of nitrogens with one attached hydrogen (secondary N) is 1. The number of hydrogen-bond acceptors (Lipinski definition) is 6. The van der Waals surface area contributed by atoms with E-state index in [9.17, 15) is 9.90 Å². The molecule has 9 nitrogen and oxygen atoms in total. The van der Waals surface area contributed by atoms with Crippen LogP contribution in [-0.4, -0.2) is 48.6 Å². The van der Waals surface area contributed by atoms with E-state index in [0.29, 0.717) is 22.8 Å². The first-order valence-electron chi connectivity index (χ1n) is 9.97. The lowest BCUT2D eigenvalue weighted by molar-refractivity contribution is 0.102. The topological polar surface area (TPSA) is 107 Å². The van der Waals surface area contributed by atoms with Crippen molar-refractivity contribution in [3.63, 3.8) is 0 Å². The highest BCUT2D eigenvalue weighted by Gasteiger charge is 2.23. The fourth-order valence-corrected chi connectivity index (χ4v) is 4.03. The van der Waals surface area contributed by atoms with Crippen LogP contribution < -0.4 is 10.1 Å². The summed E-state index contributed by atoms with van der Waals surface area (Å²) in [5.41, 5.74) is 1.83. The summed E-state index contributed by atoms with van der Waals surface area (Å²) in [5.74, 6) is 0.620. The van der Waals surface area contributed by atoms with E-state index in [-0.39, 0.29) is 18.1 Å². The Hall–Kier alpha value is -3.46. The van der Waals surface area contributed by atoms with Crippen molar-refractivity contribution < 1.29 is 14.6 Å². The maximum atomic E-state index is 13.0. The predicted molar refractivity (Wildman–Crippen MR) is 111 cm³/mol. The van der Waals surface area contributed by atoms with E-state index in [0.717, 1.165) is 36.6 Å². The number of rotatable bonds is 4. The van der Waals surface area contributed by atoms with Gasteiger partial charge in [-0.3, -0.25) is 9.48 Å². The molecule has 1 aliphatic rings. The molecule has 0 spiro atoms. The fraction of sp³-hybridized carbons (Fsp3) is 0.333. The van der Waals surface area contributed by atoms with Gasteiger partial charge in [0.05, 0.1) is 36.5 Å². The quantitative estimate of drug-likeness (QED) is 0.540. The van der Waals surface area contributed by atoms with Gasteiger partial charge < -0.3 is 15.2 Å². The molecule has 0 aliphatic heterocycles. The zero-order chi connectivity index (χ0) is 20.7. The molecular formula is C21H22N6O3. The second kappa shape index (κ2) is 7.42. The van der Waals surface area contributed by atoms with Crippen molar-refractivity contribution in [2.45, 2.75) is 37.8 Å². The van der Waals surface area contributed by atoms with E-state index in [1.54, 1.807) is 35.1 Å². The second-order valence-electron chi connectivity index (χ2n) is 7.57. The molecule has 9 heteroatoms. The third-order valence-corrected chi connectivity index (χ3v) is 5.65. The molecule has 0 radical (unpaired) electrons. The Balaban J connectivity index is 1.46. The van der Waals surface area contributed by atoms with Crippen molar-refractivity contribution in [1.29, 1.82) is 0 Å². The molecule has 2 N–H and O–H groups in total. The van der Waals surface area contributed by atoms with Gasteiger partial charge in [0.25, 0.3) is 5.91 Å². The van der Waals surface area contributed by atoms with E-state index in [1.807, 2.05) is 16.9 Å². The molecule has 3 heterocycles. The lowest BCUT2D eigenvalue weighted by Crippen LogP contribution is -2.21. The molecule has 1 amide bonds. The molecule has 1 aliphatic carbocycles. The Morgan fingerprint density at radius 3 is 2.90 bits per heavy atom. The zero-order valence-corrected chi connectivity index (χ0v) is 16.5. The van der Waals surface area contributed by atoms with Crippen LogP contribution in [0, 0.1) is 0 Å². The van der Waals surface area contributed by atoms with Crippen molar-refractivity contribution in [2.24, 2.45) is 0 Å². The molecular weight excluding hydrogens is 384 g/mol. The molecule has 3 aromatic heterocycles. The molecule has 5 rings (SSSR count). The maximum Gasteiger partial charge on any atom is 0.260 e. The highest BCUT2D eigenvalue weighted by atomic mass is 16.5. The van der Waals surface area contributed by atoms with Gasteiger partial charge in [0.1, 0.15) is 5.75 Å². The molecule has 4 aromatic rings. The summed E-state index contributed by atoms with van der Waals surface area (Å²) in [6.45, 7) is 0. The number of benzene rings is 1. The summed E-state index contributed by atoms with van der Waals surface area (Å²) in [4.78, 5) is 17.3. The van der Waals surface area contributed by atoms with Crippen molar-refractivity contribution >= 4 is 28.3 Å².